The molecule has 0 N–H and O–H groups in total. The fourth-order valence-corrected chi connectivity index (χ4v) is 5.22. The molecule has 1 aromatic carbocycles. The molecule has 0 unspecified atom stereocenters. The van der Waals surface area contributed by atoms with E-state index in [1.165, 1.54) is 4.31 Å². The Balaban J connectivity index is 1.98. The molecule has 2 aromatic rings. The average molecular weight is 396 g/mol. The fraction of sp³-hybridized carbons (Fsp3) is 0.444. The molecule has 8 heteroatoms. The lowest BCUT2D eigenvalue weighted by Crippen LogP contribution is -2.38. The maximum absolute atomic E-state index is 13.1. The van der Waals surface area contributed by atoms with E-state index in [0.717, 1.165) is 17.5 Å². The van der Waals surface area contributed by atoms with Crippen LogP contribution < -0.4 is 0 Å². The van der Waals surface area contributed by atoms with Crippen LogP contribution in [0.15, 0.2) is 29.2 Å². The van der Waals surface area contributed by atoms with E-state index in [1.54, 1.807) is 38.1 Å². The standard InChI is InChI=1S/C18H22ClN3O3S/c1-12-8-10-21(11-9-12)26(24,25)17-13(2)20-22(14(17)3)18(23)15-4-6-16(19)7-5-15/h4-7,12H,8-11H2,1-3H3. The number of hydrogen-bond donors (Lipinski definition) is 0. The summed E-state index contributed by atoms with van der Waals surface area (Å²) in [4.78, 5) is 12.9. The lowest BCUT2D eigenvalue weighted by atomic mass is 10.0. The Kier molecular flexibility index (Phi) is 5.23. The normalized spacial score (nSPS) is 16.8. The van der Waals surface area contributed by atoms with E-state index in [9.17, 15) is 13.2 Å². The zero-order chi connectivity index (χ0) is 19.1. The number of rotatable bonds is 3. The number of carbonyl (C=O) groups excluding carboxylic acids is 1. The highest BCUT2D eigenvalue weighted by Crippen LogP contribution is 2.28. The fourth-order valence-electron chi connectivity index (χ4n) is 3.27. The molecule has 2 heterocycles. The molecule has 6 nitrogen and oxygen atoms in total. The largest absolute Gasteiger partial charge is 0.278 e. The van der Waals surface area contributed by atoms with Crippen molar-refractivity contribution < 1.29 is 13.2 Å². The lowest BCUT2D eigenvalue weighted by Gasteiger charge is -2.29. The van der Waals surface area contributed by atoms with Gasteiger partial charge in [0.2, 0.25) is 10.0 Å². The topological polar surface area (TPSA) is 72.3 Å². The van der Waals surface area contributed by atoms with Crippen LogP contribution in [0, 0.1) is 19.8 Å². The van der Waals surface area contributed by atoms with Crippen LogP contribution >= 0.6 is 11.6 Å². The summed E-state index contributed by atoms with van der Waals surface area (Å²) < 4.78 is 28.9. The van der Waals surface area contributed by atoms with Gasteiger partial charge in [-0.25, -0.2) is 8.42 Å². The molecule has 1 fully saturated rings. The Morgan fingerprint density at radius 1 is 1.15 bits per heavy atom. The molecule has 3 rings (SSSR count). The van der Waals surface area contributed by atoms with Crippen molar-refractivity contribution >= 4 is 27.5 Å². The number of piperidine rings is 1. The number of aromatic nitrogens is 2. The second-order valence-corrected chi connectivity index (χ2v) is 9.12. The molecular formula is C18H22ClN3O3S. The molecule has 1 aromatic heterocycles. The van der Waals surface area contributed by atoms with Gasteiger partial charge in [-0.2, -0.15) is 14.1 Å². The second-order valence-electron chi connectivity index (χ2n) is 6.81. The van der Waals surface area contributed by atoms with Crippen LogP contribution in [-0.2, 0) is 10.0 Å². The van der Waals surface area contributed by atoms with Crippen LogP contribution in [0.1, 0.15) is 41.5 Å². The van der Waals surface area contributed by atoms with E-state index in [-0.39, 0.29) is 10.8 Å². The highest BCUT2D eigenvalue weighted by Gasteiger charge is 2.34. The van der Waals surface area contributed by atoms with Gasteiger partial charge in [-0.3, -0.25) is 4.79 Å². The summed E-state index contributed by atoms with van der Waals surface area (Å²) in [5.74, 6) is 0.147. The zero-order valence-electron chi connectivity index (χ0n) is 15.1. The lowest BCUT2D eigenvalue weighted by molar-refractivity contribution is 0.0942. The van der Waals surface area contributed by atoms with Crippen molar-refractivity contribution in [1.82, 2.24) is 14.1 Å². The number of sulfonamides is 1. The van der Waals surface area contributed by atoms with Gasteiger partial charge < -0.3 is 0 Å². The van der Waals surface area contributed by atoms with Crippen LogP contribution in [0.25, 0.3) is 0 Å². The molecular weight excluding hydrogens is 374 g/mol. The molecule has 0 bridgehead atoms. The molecule has 1 saturated heterocycles. The Morgan fingerprint density at radius 3 is 2.31 bits per heavy atom. The molecule has 0 aliphatic carbocycles. The minimum Gasteiger partial charge on any atom is -0.267 e. The third kappa shape index (κ3) is 3.43. The Labute approximate surface area is 158 Å². The van der Waals surface area contributed by atoms with E-state index in [2.05, 4.69) is 12.0 Å². The number of nitrogens with zero attached hydrogens (tertiary/aromatic N) is 3. The molecule has 26 heavy (non-hydrogen) atoms. The number of benzene rings is 1. The van der Waals surface area contributed by atoms with E-state index in [1.807, 2.05) is 0 Å². The highest BCUT2D eigenvalue weighted by atomic mass is 35.5. The number of aryl methyl sites for hydroxylation is 1. The quantitative estimate of drug-likeness (QED) is 0.799. The minimum absolute atomic E-state index is 0.134. The van der Waals surface area contributed by atoms with Crippen molar-refractivity contribution in [3.8, 4) is 0 Å². The SMILES string of the molecule is Cc1nn(C(=O)c2ccc(Cl)cc2)c(C)c1S(=O)(=O)N1CCC(C)CC1. The zero-order valence-corrected chi connectivity index (χ0v) is 16.6. The molecule has 0 atom stereocenters. The first-order valence-corrected chi connectivity index (χ1v) is 10.4. The molecule has 0 amide bonds. The van der Waals surface area contributed by atoms with Crippen LogP contribution in [0.5, 0.6) is 0 Å². The van der Waals surface area contributed by atoms with Crippen molar-refractivity contribution in [2.75, 3.05) is 13.1 Å². The first kappa shape index (κ1) is 19.1. The average Bonchev–Trinajstić information content (AvgIpc) is 2.90. The predicted octanol–water partition coefficient (Wildman–Crippen LogP) is 3.26. The summed E-state index contributed by atoms with van der Waals surface area (Å²) in [7, 11) is -3.67. The van der Waals surface area contributed by atoms with Gasteiger partial charge in [-0.15, -0.1) is 0 Å². The smallest absolute Gasteiger partial charge is 0.267 e. The summed E-state index contributed by atoms with van der Waals surface area (Å²) in [5, 5.41) is 4.74. The molecule has 1 aliphatic heterocycles. The number of carbonyl (C=O) groups is 1. The van der Waals surface area contributed by atoms with Crippen molar-refractivity contribution in [2.45, 2.75) is 38.5 Å². The van der Waals surface area contributed by atoms with E-state index in [0.29, 0.717) is 41.0 Å². The summed E-state index contributed by atoms with van der Waals surface area (Å²) in [6, 6.07) is 6.43. The minimum atomic E-state index is -3.67. The third-order valence-corrected chi connectivity index (χ3v) is 7.25. The van der Waals surface area contributed by atoms with Gasteiger partial charge in [0.15, 0.2) is 0 Å². The number of hydrogen-bond acceptors (Lipinski definition) is 4. The maximum Gasteiger partial charge on any atom is 0.278 e. The predicted molar refractivity (Wildman–Crippen MR) is 100 cm³/mol. The Morgan fingerprint density at radius 2 is 1.73 bits per heavy atom. The maximum atomic E-state index is 13.1. The highest BCUT2D eigenvalue weighted by molar-refractivity contribution is 7.89. The summed E-state index contributed by atoms with van der Waals surface area (Å²) in [6.07, 6.45) is 1.68. The van der Waals surface area contributed by atoms with Crippen LogP contribution in [0.2, 0.25) is 5.02 Å². The van der Waals surface area contributed by atoms with Gasteiger partial charge >= 0.3 is 0 Å². The van der Waals surface area contributed by atoms with Crippen LogP contribution in [-0.4, -0.2) is 41.5 Å². The summed E-state index contributed by atoms with van der Waals surface area (Å²) in [5.41, 5.74) is 1.07. The molecule has 0 spiro atoms. The van der Waals surface area contributed by atoms with Gasteiger partial charge in [0, 0.05) is 23.7 Å². The summed E-state index contributed by atoms with van der Waals surface area (Å²) in [6.45, 7) is 6.37. The first-order valence-electron chi connectivity index (χ1n) is 8.58. The van der Waals surface area contributed by atoms with E-state index >= 15 is 0 Å². The van der Waals surface area contributed by atoms with E-state index < -0.39 is 10.0 Å². The molecule has 0 radical (unpaired) electrons. The molecule has 0 saturated carbocycles. The molecule has 1 aliphatic rings. The van der Waals surface area contributed by atoms with E-state index in [4.69, 9.17) is 11.6 Å². The van der Waals surface area contributed by atoms with Gasteiger partial charge in [0.1, 0.15) is 4.90 Å². The Hall–Kier alpha value is -1.70. The molecule has 140 valence electrons. The summed E-state index contributed by atoms with van der Waals surface area (Å²) >= 11 is 5.86. The third-order valence-electron chi connectivity index (χ3n) is 4.85. The van der Waals surface area contributed by atoms with Crippen molar-refractivity contribution in [3.05, 3.63) is 46.2 Å². The van der Waals surface area contributed by atoms with Crippen molar-refractivity contribution in [1.29, 1.82) is 0 Å². The monoisotopic (exact) mass is 395 g/mol. The van der Waals surface area contributed by atoms with Gasteiger partial charge in [0.25, 0.3) is 5.91 Å². The van der Waals surface area contributed by atoms with Gasteiger partial charge in [-0.1, -0.05) is 18.5 Å². The first-order chi connectivity index (χ1) is 12.2. The van der Waals surface area contributed by atoms with Crippen molar-refractivity contribution in [3.63, 3.8) is 0 Å². The van der Waals surface area contributed by atoms with Crippen molar-refractivity contribution in [2.24, 2.45) is 5.92 Å². The van der Waals surface area contributed by atoms with Gasteiger partial charge in [0.05, 0.1) is 11.4 Å². The van der Waals surface area contributed by atoms with Gasteiger partial charge in [-0.05, 0) is 56.9 Å². The van der Waals surface area contributed by atoms with Crippen LogP contribution in [0.3, 0.4) is 0 Å². The Bertz CT molecular complexity index is 927. The number of halogens is 1. The second kappa shape index (κ2) is 7.13. The van der Waals surface area contributed by atoms with Crippen LogP contribution in [0.4, 0.5) is 0 Å².